The Labute approximate surface area is 152 Å². The van der Waals surface area contributed by atoms with E-state index in [2.05, 4.69) is 36.1 Å². The molecule has 2 aromatic carbocycles. The lowest BCUT2D eigenvalue weighted by Crippen LogP contribution is -2.39. The molecule has 0 unspecified atom stereocenters. The van der Waals surface area contributed by atoms with Crippen LogP contribution in [0.5, 0.6) is 0 Å². The Bertz CT molecular complexity index is 893. The van der Waals surface area contributed by atoms with E-state index in [9.17, 15) is 8.42 Å². The fraction of sp³-hybridized carbons (Fsp3) is 0.316. The van der Waals surface area contributed by atoms with Crippen LogP contribution in [0, 0.1) is 6.92 Å². The normalized spacial score (nSPS) is 24.2. The maximum Gasteiger partial charge on any atom is 0.164 e. The molecule has 0 N–H and O–H groups in total. The van der Waals surface area contributed by atoms with E-state index in [4.69, 9.17) is 4.99 Å². The molecule has 2 aromatic rings. The molecule has 4 rings (SSSR count). The first kappa shape index (κ1) is 16.7. The Balaban J connectivity index is 1.59. The summed E-state index contributed by atoms with van der Waals surface area (Å²) in [5.74, 6) is 1.18. The average Bonchev–Trinajstić information content (AvgIpc) is 3.06. The lowest BCUT2D eigenvalue weighted by atomic mass is 10.1. The van der Waals surface area contributed by atoms with Gasteiger partial charge >= 0.3 is 0 Å². The number of anilines is 1. The molecule has 0 amide bonds. The smallest absolute Gasteiger partial charge is 0.164 e. The molecular formula is C19H20N2O2S2. The van der Waals surface area contributed by atoms with Gasteiger partial charge in [0.15, 0.2) is 15.0 Å². The van der Waals surface area contributed by atoms with Gasteiger partial charge in [0.2, 0.25) is 0 Å². The molecule has 2 aliphatic heterocycles. The number of fused-ring (bicyclic) bond motifs is 1. The van der Waals surface area contributed by atoms with Gasteiger partial charge < -0.3 is 4.90 Å². The van der Waals surface area contributed by atoms with Crippen LogP contribution in [0.3, 0.4) is 0 Å². The highest BCUT2D eigenvalue weighted by atomic mass is 32.2. The number of benzene rings is 2. The molecule has 1 saturated heterocycles. The second-order valence-electron chi connectivity index (χ2n) is 6.60. The molecule has 0 saturated carbocycles. The quantitative estimate of drug-likeness (QED) is 0.830. The van der Waals surface area contributed by atoms with E-state index in [1.165, 1.54) is 11.1 Å². The number of amidine groups is 1. The molecule has 25 heavy (non-hydrogen) atoms. The van der Waals surface area contributed by atoms with E-state index in [0.29, 0.717) is 0 Å². The summed E-state index contributed by atoms with van der Waals surface area (Å²) in [5, 5.41) is 0.927. The minimum Gasteiger partial charge on any atom is -0.315 e. The number of sulfone groups is 1. The standard InChI is InChI=1S/C19H20N2O2S2/c1-14-7-9-15(10-8-14)11-24-19-20-17-12-25(22,23)13-18(17)21(19)16-5-3-2-4-6-16/h2-10,17-18H,11-13H2,1H3/t17-,18-/m1/s1. The van der Waals surface area contributed by atoms with Gasteiger partial charge in [-0.1, -0.05) is 59.8 Å². The Kier molecular flexibility index (Phi) is 4.33. The van der Waals surface area contributed by atoms with Gasteiger partial charge in [0, 0.05) is 11.4 Å². The molecule has 0 radical (unpaired) electrons. The average molecular weight is 373 g/mol. The zero-order valence-electron chi connectivity index (χ0n) is 14.0. The number of aliphatic imine (C=N–C) groups is 1. The number of nitrogens with zero attached hydrogens (tertiary/aromatic N) is 2. The van der Waals surface area contributed by atoms with Gasteiger partial charge in [-0.2, -0.15) is 0 Å². The van der Waals surface area contributed by atoms with Gasteiger partial charge in [0.1, 0.15) is 0 Å². The van der Waals surface area contributed by atoms with Crippen LogP contribution in [0.25, 0.3) is 0 Å². The third kappa shape index (κ3) is 3.46. The van der Waals surface area contributed by atoms with E-state index in [0.717, 1.165) is 16.6 Å². The number of hydrogen-bond donors (Lipinski definition) is 0. The van der Waals surface area contributed by atoms with E-state index >= 15 is 0 Å². The first-order chi connectivity index (χ1) is 12.0. The lowest BCUT2D eigenvalue weighted by molar-refractivity contribution is 0.601. The van der Waals surface area contributed by atoms with Crippen molar-refractivity contribution in [2.24, 2.45) is 4.99 Å². The summed E-state index contributed by atoms with van der Waals surface area (Å²) in [7, 11) is -3.00. The van der Waals surface area contributed by atoms with Crippen molar-refractivity contribution in [3.63, 3.8) is 0 Å². The van der Waals surface area contributed by atoms with Crippen molar-refractivity contribution in [1.82, 2.24) is 0 Å². The van der Waals surface area contributed by atoms with Gasteiger partial charge in [-0.3, -0.25) is 4.99 Å². The van der Waals surface area contributed by atoms with Gasteiger partial charge in [0.05, 0.1) is 23.6 Å². The van der Waals surface area contributed by atoms with Crippen molar-refractivity contribution < 1.29 is 8.42 Å². The summed E-state index contributed by atoms with van der Waals surface area (Å²) in [6.07, 6.45) is 0. The van der Waals surface area contributed by atoms with E-state index in [1.807, 2.05) is 30.3 Å². The van der Waals surface area contributed by atoms with Crippen LogP contribution < -0.4 is 4.90 Å². The van der Waals surface area contributed by atoms with Crippen molar-refractivity contribution in [2.45, 2.75) is 24.8 Å². The minimum absolute atomic E-state index is 0.0760. The molecule has 1 fully saturated rings. The Morgan fingerprint density at radius 1 is 1.08 bits per heavy atom. The molecule has 0 spiro atoms. The number of aryl methyl sites for hydroxylation is 1. The van der Waals surface area contributed by atoms with Crippen molar-refractivity contribution >= 4 is 32.5 Å². The van der Waals surface area contributed by atoms with Crippen LogP contribution in [0.2, 0.25) is 0 Å². The first-order valence-electron chi connectivity index (χ1n) is 8.33. The summed E-state index contributed by atoms with van der Waals surface area (Å²) in [5.41, 5.74) is 3.51. The molecule has 2 aliphatic rings. The van der Waals surface area contributed by atoms with Crippen LogP contribution >= 0.6 is 11.8 Å². The number of para-hydroxylation sites is 1. The summed E-state index contributed by atoms with van der Waals surface area (Å²) >= 11 is 1.68. The number of hydrogen-bond acceptors (Lipinski definition) is 5. The van der Waals surface area contributed by atoms with Gasteiger partial charge in [-0.15, -0.1) is 0 Å². The highest BCUT2D eigenvalue weighted by Crippen LogP contribution is 2.35. The van der Waals surface area contributed by atoms with Crippen molar-refractivity contribution in [1.29, 1.82) is 0 Å². The van der Waals surface area contributed by atoms with Gasteiger partial charge in [-0.25, -0.2) is 8.42 Å². The second kappa shape index (κ2) is 6.50. The number of rotatable bonds is 3. The van der Waals surface area contributed by atoms with Crippen LogP contribution in [0.4, 0.5) is 5.69 Å². The summed E-state index contributed by atoms with van der Waals surface area (Å²) < 4.78 is 24.1. The molecule has 0 aromatic heterocycles. The SMILES string of the molecule is Cc1ccc(CSC2=N[C@@H]3CS(=O)(=O)C[C@H]3N2c2ccccc2)cc1. The first-order valence-corrected chi connectivity index (χ1v) is 11.1. The molecule has 0 bridgehead atoms. The zero-order valence-corrected chi connectivity index (χ0v) is 15.6. The van der Waals surface area contributed by atoms with Crippen molar-refractivity contribution in [3.05, 3.63) is 65.7 Å². The maximum atomic E-state index is 12.0. The van der Waals surface area contributed by atoms with Crippen LogP contribution in [-0.4, -0.2) is 37.2 Å². The van der Waals surface area contributed by atoms with E-state index < -0.39 is 9.84 Å². The highest BCUT2D eigenvalue weighted by Gasteiger charge is 2.47. The van der Waals surface area contributed by atoms with E-state index in [1.54, 1.807) is 11.8 Å². The minimum atomic E-state index is -3.00. The van der Waals surface area contributed by atoms with Crippen LogP contribution in [0.1, 0.15) is 11.1 Å². The largest absolute Gasteiger partial charge is 0.315 e. The fourth-order valence-electron chi connectivity index (χ4n) is 3.36. The summed E-state index contributed by atoms with van der Waals surface area (Å²) in [6.45, 7) is 2.08. The Morgan fingerprint density at radius 3 is 2.52 bits per heavy atom. The zero-order chi connectivity index (χ0) is 17.4. The third-order valence-electron chi connectivity index (χ3n) is 4.63. The monoisotopic (exact) mass is 372 g/mol. The molecule has 6 heteroatoms. The number of thioether (sulfide) groups is 1. The Hall–Kier alpha value is -1.79. The van der Waals surface area contributed by atoms with Crippen molar-refractivity contribution in [2.75, 3.05) is 16.4 Å². The lowest BCUT2D eigenvalue weighted by Gasteiger charge is -2.26. The van der Waals surface area contributed by atoms with Crippen LogP contribution in [-0.2, 0) is 15.6 Å². The summed E-state index contributed by atoms with van der Waals surface area (Å²) in [6, 6.07) is 18.3. The highest BCUT2D eigenvalue weighted by molar-refractivity contribution is 8.13. The maximum absolute atomic E-state index is 12.0. The molecule has 4 nitrogen and oxygen atoms in total. The molecule has 2 atom stereocenters. The van der Waals surface area contributed by atoms with Crippen LogP contribution in [0.15, 0.2) is 59.6 Å². The molecule has 130 valence electrons. The second-order valence-corrected chi connectivity index (χ2v) is 9.70. The molecular weight excluding hydrogens is 352 g/mol. The van der Waals surface area contributed by atoms with Gasteiger partial charge in [0.25, 0.3) is 0 Å². The molecule has 2 heterocycles. The predicted molar refractivity (Wildman–Crippen MR) is 105 cm³/mol. The molecule has 0 aliphatic carbocycles. The topological polar surface area (TPSA) is 49.7 Å². The third-order valence-corrected chi connectivity index (χ3v) is 7.37. The van der Waals surface area contributed by atoms with E-state index in [-0.39, 0.29) is 23.6 Å². The Morgan fingerprint density at radius 2 is 1.80 bits per heavy atom. The fourth-order valence-corrected chi connectivity index (χ4v) is 6.28. The summed E-state index contributed by atoms with van der Waals surface area (Å²) in [4.78, 5) is 6.88. The predicted octanol–water partition coefficient (Wildman–Crippen LogP) is 3.27. The van der Waals surface area contributed by atoms with Gasteiger partial charge in [-0.05, 0) is 24.6 Å². The van der Waals surface area contributed by atoms with Crippen molar-refractivity contribution in [3.8, 4) is 0 Å².